The van der Waals surface area contributed by atoms with Crippen molar-refractivity contribution in [1.82, 2.24) is 24.7 Å². The third-order valence-electron chi connectivity index (χ3n) is 4.04. The predicted molar refractivity (Wildman–Crippen MR) is 77.6 cm³/mol. The lowest BCUT2D eigenvalue weighted by molar-refractivity contribution is 0.129. The molecular weight excluding hydrogens is 270 g/mol. The summed E-state index contributed by atoms with van der Waals surface area (Å²) in [7, 11) is 3.36. The fourth-order valence-corrected chi connectivity index (χ4v) is 2.79. The molecule has 114 valence electrons. The molecule has 21 heavy (non-hydrogen) atoms. The van der Waals surface area contributed by atoms with E-state index in [4.69, 9.17) is 9.47 Å². The van der Waals surface area contributed by atoms with E-state index in [0.717, 1.165) is 50.6 Å². The quantitative estimate of drug-likeness (QED) is 0.817. The molecule has 7 heteroatoms. The molecule has 7 nitrogen and oxygen atoms in total. The standard InChI is InChI=1S/C14H21N5O2/c1-20-10-9-18-7-5-11(6-8-18)14-16-15-12-3-4-13(21-2)17-19(12)14/h3-4,11H,5-10H2,1-2H3. The monoisotopic (exact) mass is 291 g/mol. The Balaban J connectivity index is 1.73. The number of methoxy groups -OCH3 is 2. The second-order valence-corrected chi connectivity index (χ2v) is 5.31. The Kier molecular flexibility index (Phi) is 4.31. The summed E-state index contributed by atoms with van der Waals surface area (Å²) in [6, 6.07) is 3.69. The number of likely N-dealkylation sites (tertiary alicyclic amines) is 1. The van der Waals surface area contributed by atoms with Crippen LogP contribution in [-0.2, 0) is 4.74 Å². The maximum Gasteiger partial charge on any atom is 0.231 e. The molecule has 0 aliphatic carbocycles. The number of fused-ring (bicyclic) bond motifs is 1. The molecule has 3 heterocycles. The Bertz CT molecular complexity index is 592. The zero-order valence-electron chi connectivity index (χ0n) is 12.5. The summed E-state index contributed by atoms with van der Waals surface area (Å²) < 4.78 is 12.1. The number of piperidine rings is 1. The van der Waals surface area contributed by atoms with Gasteiger partial charge in [-0.25, -0.2) is 0 Å². The van der Waals surface area contributed by atoms with E-state index < -0.39 is 0 Å². The second-order valence-electron chi connectivity index (χ2n) is 5.31. The summed E-state index contributed by atoms with van der Waals surface area (Å²) in [5, 5.41) is 13.0. The molecule has 2 aromatic heterocycles. The molecule has 0 spiro atoms. The number of hydrogen-bond acceptors (Lipinski definition) is 6. The first-order valence-corrected chi connectivity index (χ1v) is 7.29. The predicted octanol–water partition coefficient (Wildman–Crippen LogP) is 0.959. The first-order valence-electron chi connectivity index (χ1n) is 7.29. The highest BCUT2D eigenvalue weighted by Gasteiger charge is 2.25. The van der Waals surface area contributed by atoms with E-state index in [2.05, 4.69) is 20.2 Å². The number of aromatic nitrogens is 4. The highest BCUT2D eigenvalue weighted by Crippen LogP contribution is 2.26. The van der Waals surface area contributed by atoms with E-state index in [1.165, 1.54) is 0 Å². The summed E-state index contributed by atoms with van der Waals surface area (Å²) in [5.74, 6) is 1.93. The molecule has 0 saturated carbocycles. The normalized spacial score (nSPS) is 17.4. The third-order valence-corrected chi connectivity index (χ3v) is 4.04. The SMILES string of the molecule is COCCN1CCC(c2nnc3ccc(OC)nn23)CC1. The molecule has 1 aliphatic heterocycles. The minimum Gasteiger partial charge on any atom is -0.480 e. The van der Waals surface area contributed by atoms with Gasteiger partial charge in [0.2, 0.25) is 5.88 Å². The van der Waals surface area contributed by atoms with Crippen LogP contribution >= 0.6 is 0 Å². The Labute approximate surface area is 123 Å². The Morgan fingerprint density at radius 1 is 1.19 bits per heavy atom. The molecule has 0 aromatic carbocycles. The van der Waals surface area contributed by atoms with Crippen molar-refractivity contribution in [2.75, 3.05) is 40.5 Å². The topological polar surface area (TPSA) is 64.8 Å². The van der Waals surface area contributed by atoms with E-state index >= 15 is 0 Å². The van der Waals surface area contributed by atoms with Crippen molar-refractivity contribution >= 4 is 5.65 Å². The van der Waals surface area contributed by atoms with Gasteiger partial charge in [0.15, 0.2) is 11.5 Å². The lowest BCUT2D eigenvalue weighted by Gasteiger charge is -2.30. The van der Waals surface area contributed by atoms with Crippen LogP contribution in [0.3, 0.4) is 0 Å². The minimum absolute atomic E-state index is 0.401. The molecule has 1 fully saturated rings. The van der Waals surface area contributed by atoms with Gasteiger partial charge in [-0.1, -0.05) is 0 Å². The van der Waals surface area contributed by atoms with Crippen molar-refractivity contribution in [3.63, 3.8) is 0 Å². The number of rotatable bonds is 5. The second kappa shape index (κ2) is 6.36. The molecule has 0 amide bonds. The first kappa shape index (κ1) is 14.2. The van der Waals surface area contributed by atoms with Crippen LogP contribution in [0.5, 0.6) is 5.88 Å². The molecule has 0 N–H and O–H groups in total. The van der Waals surface area contributed by atoms with Crippen LogP contribution in [0.4, 0.5) is 0 Å². The molecular formula is C14H21N5O2. The molecule has 0 atom stereocenters. The van der Waals surface area contributed by atoms with Gasteiger partial charge in [0.25, 0.3) is 0 Å². The Hall–Kier alpha value is -1.73. The smallest absolute Gasteiger partial charge is 0.231 e. The lowest BCUT2D eigenvalue weighted by atomic mass is 9.96. The average Bonchev–Trinajstić information content (AvgIpc) is 2.96. The zero-order valence-corrected chi connectivity index (χ0v) is 12.5. The molecule has 1 saturated heterocycles. The van der Waals surface area contributed by atoms with Gasteiger partial charge in [0.05, 0.1) is 13.7 Å². The van der Waals surface area contributed by atoms with Crippen LogP contribution in [0, 0.1) is 0 Å². The van der Waals surface area contributed by atoms with Crippen LogP contribution in [0.2, 0.25) is 0 Å². The van der Waals surface area contributed by atoms with Crippen LogP contribution in [-0.4, -0.2) is 65.2 Å². The Morgan fingerprint density at radius 2 is 2.00 bits per heavy atom. The van der Waals surface area contributed by atoms with Crippen molar-refractivity contribution < 1.29 is 9.47 Å². The van der Waals surface area contributed by atoms with Gasteiger partial charge in [-0.05, 0) is 32.0 Å². The van der Waals surface area contributed by atoms with E-state index in [-0.39, 0.29) is 0 Å². The molecule has 0 radical (unpaired) electrons. The lowest BCUT2D eigenvalue weighted by Crippen LogP contribution is -2.35. The van der Waals surface area contributed by atoms with Crippen LogP contribution in [0.1, 0.15) is 24.6 Å². The van der Waals surface area contributed by atoms with Crippen molar-refractivity contribution in [3.8, 4) is 5.88 Å². The molecule has 1 aliphatic rings. The summed E-state index contributed by atoms with van der Waals surface area (Å²) in [6.07, 6.45) is 2.15. The van der Waals surface area contributed by atoms with E-state index in [1.807, 2.05) is 10.6 Å². The largest absolute Gasteiger partial charge is 0.480 e. The minimum atomic E-state index is 0.401. The maximum atomic E-state index is 5.19. The highest BCUT2D eigenvalue weighted by atomic mass is 16.5. The summed E-state index contributed by atoms with van der Waals surface area (Å²) in [5.41, 5.74) is 0.771. The van der Waals surface area contributed by atoms with E-state index in [1.54, 1.807) is 20.3 Å². The van der Waals surface area contributed by atoms with Gasteiger partial charge in [0.1, 0.15) is 0 Å². The van der Waals surface area contributed by atoms with Crippen LogP contribution < -0.4 is 4.74 Å². The first-order chi connectivity index (χ1) is 10.3. The average molecular weight is 291 g/mol. The van der Waals surface area contributed by atoms with E-state index in [9.17, 15) is 0 Å². The van der Waals surface area contributed by atoms with Crippen LogP contribution in [0.15, 0.2) is 12.1 Å². The number of nitrogens with zero attached hydrogens (tertiary/aromatic N) is 5. The molecule has 0 unspecified atom stereocenters. The van der Waals surface area contributed by atoms with Gasteiger partial charge in [-0.2, -0.15) is 4.52 Å². The van der Waals surface area contributed by atoms with Crippen molar-refractivity contribution in [3.05, 3.63) is 18.0 Å². The Morgan fingerprint density at radius 3 is 2.71 bits per heavy atom. The van der Waals surface area contributed by atoms with Gasteiger partial charge in [-0.3, -0.25) is 0 Å². The number of ether oxygens (including phenoxy) is 2. The summed E-state index contributed by atoms with van der Waals surface area (Å²) in [6.45, 7) is 3.91. The third kappa shape index (κ3) is 2.98. The van der Waals surface area contributed by atoms with Crippen molar-refractivity contribution in [1.29, 1.82) is 0 Å². The van der Waals surface area contributed by atoms with Crippen LogP contribution in [0.25, 0.3) is 5.65 Å². The summed E-state index contributed by atoms with van der Waals surface area (Å²) in [4.78, 5) is 2.43. The molecule has 3 rings (SSSR count). The summed E-state index contributed by atoms with van der Waals surface area (Å²) >= 11 is 0. The number of hydrogen-bond donors (Lipinski definition) is 0. The fraction of sp³-hybridized carbons (Fsp3) is 0.643. The van der Waals surface area contributed by atoms with Gasteiger partial charge < -0.3 is 14.4 Å². The fourth-order valence-electron chi connectivity index (χ4n) is 2.79. The van der Waals surface area contributed by atoms with E-state index in [0.29, 0.717) is 11.8 Å². The zero-order chi connectivity index (χ0) is 14.7. The molecule has 2 aromatic rings. The van der Waals surface area contributed by atoms with Gasteiger partial charge >= 0.3 is 0 Å². The van der Waals surface area contributed by atoms with Gasteiger partial charge in [0, 0.05) is 25.6 Å². The van der Waals surface area contributed by atoms with Crippen molar-refractivity contribution in [2.45, 2.75) is 18.8 Å². The van der Waals surface area contributed by atoms with Crippen molar-refractivity contribution in [2.24, 2.45) is 0 Å². The van der Waals surface area contributed by atoms with Gasteiger partial charge in [-0.15, -0.1) is 15.3 Å². The maximum absolute atomic E-state index is 5.19. The highest BCUT2D eigenvalue weighted by molar-refractivity contribution is 5.38. The molecule has 0 bridgehead atoms.